The lowest BCUT2D eigenvalue weighted by atomic mass is 10.3. The predicted molar refractivity (Wildman–Crippen MR) is 122 cm³/mol. The van der Waals surface area contributed by atoms with Gasteiger partial charge >= 0.3 is 0 Å². The molecule has 1 amide bonds. The lowest BCUT2D eigenvalue weighted by Gasteiger charge is -2.04. The van der Waals surface area contributed by atoms with Crippen molar-refractivity contribution in [3.63, 3.8) is 0 Å². The highest BCUT2D eigenvalue weighted by molar-refractivity contribution is 7.93. The van der Waals surface area contributed by atoms with E-state index in [2.05, 4.69) is 20.0 Å². The second-order valence-electron chi connectivity index (χ2n) is 6.37. The normalized spacial score (nSPS) is 11.4. The summed E-state index contributed by atoms with van der Waals surface area (Å²) in [4.78, 5) is 21.2. The van der Waals surface area contributed by atoms with Gasteiger partial charge in [0.25, 0.3) is 10.0 Å². The fraction of sp³-hybridized carbons (Fsp3) is 0.150. The topological polar surface area (TPSA) is 110 Å². The fourth-order valence-electron chi connectivity index (χ4n) is 2.75. The van der Waals surface area contributed by atoms with E-state index in [4.69, 9.17) is 4.74 Å². The maximum atomic E-state index is 12.4. The molecule has 2 aromatic carbocycles. The van der Waals surface area contributed by atoms with Crippen LogP contribution >= 0.6 is 22.7 Å². The molecule has 8 nitrogen and oxygen atoms in total. The Bertz CT molecular complexity index is 1320. The van der Waals surface area contributed by atoms with E-state index in [-0.39, 0.29) is 22.4 Å². The number of hydrogen-bond acceptors (Lipinski definition) is 8. The van der Waals surface area contributed by atoms with Crippen LogP contribution in [0.25, 0.3) is 10.2 Å². The van der Waals surface area contributed by atoms with Crippen molar-refractivity contribution in [2.24, 2.45) is 0 Å². The number of fused-ring (bicyclic) bond motifs is 1. The average molecular weight is 475 g/mol. The van der Waals surface area contributed by atoms with Crippen LogP contribution in [0.15, 0.2) is 58.8 Å². The molecule has 4 rings (SSSR count). The number of nitrogens with one attached hydrogen (secondary N) is 2. The summed E-state index contributed by atoms with van der Waals surface area (Å²) in [6.07, 6.45) is 0.00366. The van der Waals surface area contributed by atoms with E-state index in [0.29, 0.717) is 17.4 Å². The van der Waals surface area contributed by atoms with Crippen LogP contribution in [0.3, 0.4) is 0 Å². The van der Waals surface area contributed by atoms with Crippen LogP contribution in [-0.4, -0.2) is 30.9 Å². The van der Waals surface area contributed by atoms with Crippen LogP contribution in [0.2, 0.25) is 0 Å². The van der Waals surface area contributed by atoms with Crippen LogP contribution in [0.5, 0.6) is 5.75 Å². The van der Waals surface area contributed by atoms with Crippen LogP contribution in [0, 0.1) is 0 Å². The van der Waals surface area contributed by atoms with Crippen LogP contribution in [0.1, 0.15) is 12.6 Å². The number of nitrogens with zero attached hydrogens (tertiary/aromatic N) is 2. The highest BCUT2D eigenvalue weighted by atomic mass is 32.2. The molecule has 0 aliphatic carbocycles. The second-order valence-corrected chi connectivity index (χ2v) is 9.94. The Kier molecular flexibility index (Phi) is 6.16. The van der Waals surface area contributed by atoms with Crippen molar-refractivity contribution in [3.05, 3.63) is 59.6 Å². The molecule has 0 fully saturated rings. The van der Waals surface area contributed by atoms with Gasteiger partial charge in [0.2, 0.25) is 5.91 Å². The fourth-order valence-corrected chi connectivity index (χ4v) is 5.65. The number of ether oxygens (including phenoxy) is 1. The summed E-state index contributed by atoms with van der Waals surface area (Å²) in [6, 6.07) is 13.6. The molecule has 0 spiro atoms. The zero-order chi connectivity index (χ0) is 21.8. The van der Waals surface area contributed by atoms with Gasteiger partial charge in [-0.25, -0.2) is 18.4 Å². The predicted octanol–water partition coefficient (Wildman–Crippen LogP) is 4.13. The number of carbonyl (C=O) groups excluding carboxylic acids is 1. The van der Waals surface area contributed by atoms with Crippen molar-refractivity contribution in [2.75, 3.05) is 16.6 Å². The number of thiazole rings is 2. The highest BCUT2D eigenvalue weighted by Gasteiger charge is 2.17. The van der Waals surface area contributed by atoms with E-state index in [9.17, 15) is 13.2 Å². The molecule has 31 heavy (non-hydrogen) atoms. The van der Waals surface area contributed by atoms with Crippen LogP contribution < -0.4 is 14.8 Å². The summed E-state index contributed by atoms with van der Waals surface area (Å²) in [5.41, 5.74) is 1.24. The number of aromatic nitrogens is 2. The molecule has 160 valence electrons. The van der Waals surface area contributed by atoms with Gasteiger partial charge in [0.1, 0.15) is 5.75 Å². The van der Waals surface area contributed by atoms with Gasteiger partial charge in [0, 0.05) is 5.38 Å². The molecule has 0 atom stereocenters. The zero-order valence-corrected chi connectivity index (χ0v) is 18.8. The summed E-state index contributed by atoms with van der Waals surface area (Å²) in [6.45, 7) is 2.49. The van der Waals surface area contributed by atoms with Crippen LogP contribution in [-0.2, 0) is 21.2 Å². The Morgan fingerprint density at radius 2 is 1.90 bits per heavy atom. The molecule has 0 unspecified atom stereocenters. The number of sulfonamides is 1. The first-order chi connectivity index (χ1) is 14.9. The number of amides is 1. The van der Waals surface area contributed by atoms with Gasteiger partial charge in [-0.1, -0.05) is 29.5 Å². The Morgan fingerprint density at radius 1 is 1.10 bits per heavy atom. The maximum absolute atomic E-state index is 12.4. The standard InChI is InChI=1S/C20H18N4O4S3/c1-2-28-14-8-9-16-17(11-14)30-19(22-16)23-18(25)10-13-12-29-20(21-13)24-31(26,27)15-6-4-3-5-7-15/h3-9,11-12H,2,10H2,1H3,(H,21,24)(H,22,23,25). The van der Waals surface area contributed by atoms with Crippen LogP contribution in [0.4, 0.5) is 10.3 Å². The van der Waals surface area contributed by atoms with E-state index in [1.54, 1.807) is 23.6 Å². The molecular formula is C20H18N4O4S3. The maximum Gasteiger partial charge on any atom is 0.263 e. The molecule has 11 heteroatoms. The van der Waals surface area contributed by atoms with Crippen molar-refractivity contribution in [1.29, 1.82) is 0 Å². The lowest BCUT2D eigenvalue weighted by molar-refractivity contribution is -0.115. The molecule has 0 saturated heterocycles. The van der Waals surface area contributed by atoms with Crippen molar-refractivity contribution >= 4 is 59.1 Å². The average Bonchev–Trinajstić information content (AvgIpc) is 3.34. The summed E-state index contributed by atoms with van der Waals surface area (Å²) < 4.78 is 33.6. The van der Waals surface area contributed by atoms with Gasteiger partial charge in [-0.05, 0) is 37.3 Å². The quantitative estimate of drug-likeness (QED) is 0.397. The first-order valence-electron chi connectivity index (χ1n) is 9.28. The number of carbonyl (C=O) groups is 1. The number of anilines is 2. The second kappa shape index (κ2) is 9.00. The van der Waals surface area contributed by atoms with Crippen molar-refractivity contribution in [2.45, 2.75) is 18.2 Å². The Balaban J connectivity index is 1.39. The zero-order valence-electron chi connectivity index (χ0n) is 16.4. The third kappa shape index (κ3) is 5.19. The van der Waals surface area contributed by atoms with Gasteiger partial charge in [-0.15, -0.1) is 11.3 Å². The molecule has 0 aliphatic heterocycles. The Morgan fingerprint density at radius 3 is 2.68 bits per heavy atom. The van der Waals surface area contributed by atoms with E-state index in [0.717, 1.165) is 27.3 Å². The van der Waals surface area contributed by atoms with Gasteiger partial charge in [0.15, 0.2) is 10.3 Å². The van der Waals surface area contributed by atoms with Gasteiger partial charge in [0.05, 0.1) is 33.8 Å². The third-order valence-corrected chi connectivity index (χ3v) is 7.31. The minimum absolute atomic E-state index is 0.00366. The number of hydrogen-bond donors (Lipinski definition) is 2. The smallest absolute Gasteiger partial charge is 0.263 e. The summed E-state index contributed by atoms with van der Waals surface area (Å²) in [5.74, 6) is 0.469. The van der Waals surface area contributed by atoms with Gasteiger partial charge in [-0.3, -0.25) is 9.52 Å². The Labute approximate surface area is 187 Å². The van der Waals surface area contributed by atoms with Gasteiger partial charge in [-0.2, -0.15) is 0 Å². The highest BCUT2D eigenvalue weighted by Crippen LogP contribution is 2.29. The first-order valence-corrected chi connectivity index (χ1v) is 12.5. The molecule has 2 aromatic heterocycles. The van der Waals surface area contributed by atoms with E-state index < -0.39 is 10.0 Å². The minimum atomic E-state index is -3.72. The van der Waals surface area contributed by atoms with Crippen molar-refractivity contribution < 1.29 is 17.9 Å². The molecule has 4 aromatic rings. The summed E-state index contributed by atoms with van der Waals surface area (Å²) >= 11 is 2.48. The number of benzene rings is 2. The summed E-state index contributed by atoms with van der Waals surface area (Å²) in [5, 5.41) is 5.10. The first kappa shape index (κ1) is 21.2. The molecule has 0 bridgehead atoms. The van der Waals surface area contributed by atoms with Gasteiger partial charge < -0.3 is 10.1 Å². The minimum Gasteiger partial charge on any atom is -0.494 e. The monoisotopic (exact) mass is 474 g/mol. The largest absolute Gasteiger partial charge is 0.494 e. The van der Waals surface area contributed by atoms with Crippen molar-refractivity contribution in [1.82, 2.24) is 9.97 Å². The number of rotatable bonds is 8. The summed E-state index contributed by atoms with van der Waals surface area (Å²) in [7, 11) is -3.72. The molecular weight excluding hydrogens is 456 g/mol. The molecule has 0 saturated carbocycles. The molecule has 0 aliphatic rings. The van der Waals surface area contributed by atoms with Crippen molar-refractivity contribution in [3.8, 4) is 5.75 Å². The third-order valence-electron chi connectivity index (χ3n) is 4.09. The molecule has 0 radical (unpaired) electrons. The molecule has 2 N–H and O–H groups in total. The molecule has 2 heterocycles. The van der Waals surface area contributed by atoms with E-state index >= 15 is 0 Å². The SMILES string of the molecule is CCOc1ccc2nc(NC(=O)Cc3csc(NS(=O)(=O)c4ccccc4)n3)sc2c1. The van der Waals surface area contributed by atoms with E-state index in [1.807, 2.05) is 25.1 Å². The van der Waals surface area contributed by atoms with E-state index in [1.165, 1.54) is 23.5 Å². The lowest BCUT2D eigenvalue weighted by Crippen LogP contribution is -2.15. The Hall–Kier alpha value is -3.02.